The predicted molar refractivity (Wildman–Crippen MR) is 153 cm³/mol. The molecule has 2 aliphatic rings. The number of likely N-dealkylation sites (N-methyl/N-ethyl adjacent to an activating group) is 1. The third-order valence-electron chi connectivity index (χ3n) is 5.95. The summed E-state index contributed by atoms with van der Waals surface area (Å²) < 4.78 is 5.43. The highest BCUT2D eigenvalue weighted by atomic mass is 35.5. The van der Waals surface area contributed by atoms with Crippen LogP contribution in [0, 0.1) is 0 Å². The van der Waals surface area contributed by atoms with E-state index in [2.05, 4.69) is 47.2 Å². The second-order valence-corrected chi connectivity index (χ2v) is 10.4. The number of hydrogen-bond donors (Lipinski definition) is 4. The van der Waals surface area contributed by atoms with Gasteiger partial charge >= 0.3 is 23.9 Å². The van der Waals surface area contributed by atoms with Gasteiger partial charge in [-0.2, -0.15) is 0 Å². The summed E-state index contributed by atoms with van der Waals surface area (Å²) in [5.41, 5.74) is 2.75. The van der Waals surface area contributed by atoms with Crippen LogP contribution in [0.1, 0.15) is 17.2 Å². The molecule has 1 fully saturated rings. The Balaban J connectivity index is 0.000000304. The molecule has 0 bridgehead atoms. The molecule has 4 N–H and O–H groups in total. The Hall–Kier alpha value is -3.84. The molecule has 1 unspecified atom stereocenters. The zero-order valence-corrected chi connectivity index (χ0v) is 24.0. The van der Waals surface area contributed by atoms with Crippen molar-refractivity contribution in [1.82, 2.24) is 9.80 Å². The molecule has 11 nitrogen and oxygen atoms in total. The van der Waals surface area contributed by atoms with E-state index >= 15 is 0 Å². The molecule has 2 heterocycles. The lowest BCUT2D eigenvalue weighted by atomic mass is 9.96. The molecule has 0 saturated carbocycles. The highest BCUT2D eigenvalue weighted by Gasteiger charge is 2.29. The minimum atomic E-state index is -1.26. The lowest BCUT2D eigenvalue weighted by Crippen LogP contribution is -2.46. The van der Waals surface area contributed by atoms with Crippen molar-refractivity contribution in [3.05, 3.63) is 76.9 Å². The van der Waals surface area contributed by atoms with E-state index in [-0.39, 0.29) is 0 Å². The Kier molecular flexibility index (Phi) is 13.4. The number of carbonyl (C=O) groups is 4. The highest BCUT2D eigenvalue weighted by Crippen LogP contribution is 2.44. The van der Waals surface area contributed by atoms with Crippen molar-refractivity contribution in [2.45, 2.75) is 22.3 Å². The van der Waals surface area contributed by atoms with Gasteiger partial charge in [0.05, 0.1) is 7.11 Å². The number of methoxy groups -OCH3 is 1. The van der Waals surface area contributed by atoms with Gasteiger partial charge in [-0.3, -0.25) is 4.90 Å². The van der Waals surface area contributed by atoms with Crippen molar-refractivity contribution in [3.63, 3.8) is 0 Å². The van der Waals surface area contributed by atoms with Crippen molar-refractivity contribution >= 4 is 47.2 Å². The maximum absolute atomic E-state index is 9.55. The molecule has 2 aliphatic heterocycles. The SMILES string of the molecule is COc1ccc2c(c1)Sc1ccc(Cl)cc1C(N1CCN(C)CC1)C2.O=C(O)/C=C/C(=O)O.O=C(O)/C=C/C(=O)O. The van der Waals surface area contributed by atoms with Crippen molar-refractivity contribution < 1.29 is 44.3 Å². The number of benzene rings is 2. The van der Waals surface area contributed by atoms with Crippen LogP contribution in [0.2, 0.25) is 5.02 Å². The van der Waals surface area contributed by atoms with Gasteiger partial charge in [0.25, 0.3) is 0 Å². The van der Waals surface area contributed by atoms with Crippen molar-refractivity contribution in [2.24, 2.45) is 0 Å². The van der Waals surface area contributed by atoms with Crippen molar-refractivity contribution in [3.8, 4) is 5.75 Å². The zero-order chi connectivity index (χ0) is 30.5. The second-order valence-electron chi connectivity index (χ2n) is 8.84. The average Bonchev–Trinajstić information content (AvgIpc) is 3.08. The number of nitrogens with zero attached hydrogens (tertiary/aromatic N) is 2. The summed E-state index contributed by atoms with van der Waals surface area (Å²) in [6.07, 6.45) is 3.25. The molecule has 0 aliphatic carbocycles. The van der Waals surface area contributed by atoms with Gasteiger partial charge in [-0.15, -0.1) is 0 Å². The summed E-state index contributed by atoms with van der Waals surface area (Å²) in [6, 6.07) is 13.2. The standard InChI is InChI=1S/C20H23ClN2OS.2C4H4O4/c1-22-7-9-23(10-8-22)18-11-14-3-5-16(24-2)13-20(14)25-19-6-4-15(21)12-17(18)19;2*5-3(6)1-2-4(7)8/h3-6,12-13,18H,7-11H2,1-2H3;2*1-2H,(H,5,6)(H,7,8)/b;2*2-1+. The molecule has 1 saturated heterocycles. The van der Waals surface area contributed by atoms with Gasteiger partial charge in [0.1, 0.15) is 5.75 Å². The number of halogens is 1. The minimum Gasteiger partial charge on any atom is -0.497 e. The predicted octanol–water partition coefficient (Wildman–Crippen LogP) is 3.77. The van der Waals surface area contributed by atoms with Crippen LogP contribution in [0.4, 0.5) is 0 Å². The van der Waals surface area contributed by atoms with Gasteiger partial charge in [-0.05, 0) is 54.9 Å². The fourth-order valence-corrected chi connectivity index (χ4v) is 5.30. The maximum atomic E-state index is 9.55. The first kappa shape index (κ1) is 33.4. The van der Waals surface area contributed by atoms with Crippen LogP contribution in [0.25, 0.3) is 0 Å². The molecule has 2 aromatic rings. The minimum absolute atomic E-state index is 0.379. The van der Waals surface area contributed by atoms with Crippen molar-refractivity contribution in [1.29, 1.82) is 0 Å². The number of fused-ring (bicyclic) bond motifs is 2. The summed E-state index contributed by atoms with van der Waals surface area (Å²) in [5.74, 6) is -4.11. The topological polar surface area (TPSA) is 165 Å². The van der Waals surface area contributed by atoms with E-state index in [1.54, 1.807) is 7.11 Å². The number of aliphatic carboxylic acids is 4. The van der Waals surface area contributed by atoms with Gasteiger partial charge in [-0.1, -0.05) is 29.4 Å². The Morgan fingerprint density at radius 2 is 1.37 bits per heavy atom. The number of hydrogen-bond acceptors (Lipinski definition) is 8. The largest absolute Gasteiger partial charge is 0.497 e. The summed E-state index contributed by atoms with van der Waals surface area (Å²) in [7, 11) is 3.93. The van der Waals surface area contributed by atoms with E-state index in [0.717, 1.165) is 43.4 Å². The van der Waals surface area contributed by atoms with Gasteiger partial charge in [0, 0.05) is 71.3 Å². The molecular formula is C28H31ClN2O9S. The average molecular weight is 607 g/mol. The quantitative estimate of drug-likeness (QED) is 0.352. The van der Waals surface area contributed by atoms with Gasteiger partial charge in [0.2, 0.25) is 0 Å². The number of carboxylic acids is 4. The van der Waals surface area contributed by atoms with Crippen LogP contribution in [0.15, 0.2) is 70.5 Å². The summed E-state index contributed by atoms with van der Waals surface area (Å²) >= 11 is 8.19. The summed E-state index contributed by atoms with van der Waals surface area (Å²) in [5, 5.41) is 32.1. The summed E-state index contributed by atoms with van der Waals surface area (Å²) in [4.78, 5) is 45.8. The van der Waals surface area contributed by atoms with Gasteiger partial charge in [-0.25, -0.2) is 19.2 Å². The third kappa shape index (κ3) is 11.7. The first-order valence-electron chi connectivity index (χ1n) is 12.2. The van der Waals surface area contributed by atoms with E-state index in [1.165, 1.54) is 20.9 Å². The normalized spacial score (nSPS) is 16.7. The molecular weight excluding hydrogens is 576 g/mol. The van der Waals surface area contributed by atoms with E-state index in [4.69, 9.17) is 36.8 Å². The second kappa shape index (κ2) is 16.4. The number of piperazine rings is 1. The fraction of sp³-hybridized carbons (Fsp3) is 0.286. The molecule has 0 amide bonds. The Morgan fingerprint density at radius 1 is 0.829 bits per heavy atom. The Bertz CT molecular complexity index is 1240. The van der Waals surface area contributed by atoms with Crippen LogP contribution in [0.3, 0.4) is 0 Å². The number of rotatable bonds is 6. The highest BCUT2D eigenvalue weighted by molar-refractivity contribution is 7.99. The van der Waals surface area contributed by atoms with E-state index in [9.17, 15) is 19.2 Å². The number of carboxylic acid groups (broad SMARTS) is 4. The van der Waals surface area contributed by atoms with Crippen LogP contribution in [0.5, 0.6) is 5.75 Å². The van der Waals surface area contributed by atoms with Crippen LogP contribution >= 0.6 is 23.4 Å². The van der Waals surface area contributed by atoms with Crippen LogP contribution < -0.4 is 4.74 Å². The molecule has 1 atom stereocenters. The van der Waals surface area contributed by atoms with Crippen molar-refractivity contribution in [2.75, 3.05) is 40.3 Å². The van der Waals surface area contributed by atoms with E-state index in [0.29, 0.717) is 30.3 Å². The maximum Gasteiger partial charge on any atom is 0.328 e. The molecule has 2 aromatic carbocycles. The molecule has 220 valence electrons. The first-order valence-corrected chi connectivity index (χ1v) is 13.4. The molecule has 0 spiro atoms. The van der Waals surface area contributed by atoms with Crippen LogP contribution in [-0.2, 0) is 25.6 Å². The third-order valence-corrected chi connectivity index (χ3v) is 7.38. The monoisotopic (exact) mass is 606 g/mol. The molecule has 0 radical (unpaired) electrons. The molecule has 0 aromatic heterocycles. The first-order chi connectivity index (χ1) is 19.4. The van der Waals surface area contributed by atoms with Gasteiger partial charge in [0.15, 0.2) is 0 Å². The van der Waals surface area contributed by atoms with Crippen LogP contribution in [-0.4, -0.2) is 94.4 Å². The molecule has 4 rings (SSSR count). The zero-order valence-electron chi connectivity index (χ0n) is 22.4. The Morgan fingerprint density at radius 3 is 1.85 bits per heavy atom. The van der Waals surface area contributed by atoms with E-state index < -0.39 is 23.9 Å². The fourth-order valence-electron chi connectivity index (χ4n) is 3.98. The molecule has 13 heteroatoms. The van der Waals surface area contributed by atoms with E-state index in [1.807, 2.05) is 17.8 Å². The lowest BCUT2D eigenvalue weighted by molar-refractivity contribution is -0.134. The lowest BCUT2D eigenvalue weighted by Gasteiger charge is -2.38. The Labute approximate surface area is 246 Å². The summed E-state index contributed by atoms with van der Waals surface area (Å²) in [6.45, 7) is 4.44. The number of ether oxygens (including phenoxy) is 1. The van der Waals surface area contributed by atoms with Gasteiger partial charge < -0.3 is 30.1 Å². The smallest absolute Gasteiger partial charge is 0.328 e. The molecule has 41 heavy (non-hydrogen) atoms.